The molecule has 1 aromatic carbocycles. The Bertz CT molecular complexity index is 537. The molecule has 0 spiro atoms. The van der Waals surface area contributed by atoms with E-state index in [1.54, 1.807) is 0 Å². The molecule has 0 aliphatic rings. The molecule has 124 valence electrons. The van der Waals surface area contributed by atoms with Gasteiger partial charge in [-0.15, -0.1) is 6.42 Å². The molecule has 0 saturated heterocycles. The number of aliphatic carboxylic acids is 1. The largest absolute Gasteiger partial charge is 0.481 e. The molecule has 0 aromatic heterocycles. The van der Waals surface area contributed by atoms with E-state index in [1.165, 1.54) is 0 Å². The SMILES string of the molecule is C#CC(CCC)NC(=O)NC(CCC(=O)O)Cc1ccccc1. The summed E-state index contributed by atoms with van der Waals surface area (Å²) in [5.41, 5.74) is 1.05. The van der Waals surface area contributed by atoms with Crippen molar-refractivity contribution in [1.29, 1.82) is 0 Å². The number of carboxylic acids is 1. The van der Waals surface area contributed by atoms with Gasteiger partial charge < -0.3 is 15.7 Å². The van der Waals surface area contributed by atoms with E-state index < -0.39 is 5.97 Å². The van der Waals surface area contributed by atoms with Crippen molar-refractivity contribution in [2.45, 2.75) is 51.1 Å². The molecule has 5 heteroatoms. The van der Waals surface area contributed by atoms with Gasteiger partial charge in [-0.05, 0) is 24.8 Å². The second-order valence-corrected chi connectivity index (χ2v) is 5.44. The van der Waals surface area contributed by atoms with Crippen LogP contribution in [-0.2, 0) is 11.2 Å². The van der Waals surface area contributed by atoms with Crippen molar-refractivity contribution in [3.8, 4) is 12.3 Å². The van der Waals surface area contributed by atoms with Crippen molar-refractivity contribution in [1.82, 2.24) is 10.6 Å². The number of carboxylic acid groups (broad SMARTS) is 1. The molecule has 0 fully saturated rings. The third-order valence-electron chi connectivity index (χ3n) is 3.45. The predicted octanol–water partition coefficient (Wildman–Crippen LogP) is 2.56. The number of terminal acetylenes is 1. The molecule has 0 saturated carbocycles. The van der Waals surface area contributed by atoms with Crippen molar-refractivity contribution in [3.63, 3.8) is 0 Å². The van der Waals surface area contributed by atoms with Gasteiger partial charge in [0.1, 0.15) is 0 Å². The Morgan fingerprint density at radius 2 is 1.91 bits per heavy atom. The Morgan fingerprint density at radius 1 is 1.22 bits per heavy atom. The summed E-state index contributed by atoms with van der Waals surface area (Å²) in [6.45, 7) is 2.00. The van der Waals surface area contributed by atoms with Gasteiger partial charge in [-0.1, -0.05) is 49.6 Å². The monoisotopic (exact) mass is 316 g/mol. The zero-order valence-electron chi connectivity index (χ0n) is 13.4. The quantitative estimate of drug-likeness (QED) is 0.613. The van der Waals surface area contributed by atoms with Crippen molar-refractivity contribution in [2.24, 2.45) is 0 Å². The van der Waals surface area contributed by atoms with Gasteiger partial charge in [0.25, 0.3) is 0 Å². The second kappa shape index (κ2) is 10.3. The summed E-state index contributed by atoms with van der Waals surface area (Å²) < 4.78 is 0. The first kappa shape index (κ1) is 18.6. The van der Waals surface area contributed by atoms with E-state index in [1.807, 2.05) is 37.3 Å². The molecule has 23 heavy (non-hydrogen) atoms. The van der Waals surface area contributed by atoms with Crippen molar-refractivity contribution in [3.05, 3.63) is 35.9 Å². The summed E-state index contributed by atoms with van der Waals surface area (Å²) in [5.74, 6) is 1.66. The second-order valence-electron chi connectivity index (χ2n) is 5.44. The van der Waals surface area contributed by atoms with Gasteiger partial charge in [0.05, 0.1) is 6.04 Å². The predicted molar refractivity (Wildman–Crippen MR) is 90.0 cm³/mol. The molecule has 2 unspecified atom stereocenters. The summed E-state index contributed by atoms with van der Waals surface area (Å²) >= 11 is 0. The summed E-state index contributed by atoms with van der Waals surface area (Å²) in [4.78, 5) is 22.9. The maximum Gasteiger partial charge on any atom is 0.315 e. The lowest BCUT2D eigenvalue weighted by Gasteiger charge is -2.20. The van der Waals surface area contributed by atoms with Crippen LogP contribution < -0.4 is 10.6 Å². The van der Waals surface area contributed by atoms with Gasteiger partial charge in [-0.2, -0.15) is 0 Å². The third kappa shape index (κ3) is 7.91. The Kier molecular flexibility index (Phi) is 8.30. The Labute approximate surface area is 137 Å². The maximum absolute atomic E-state index is 12.1. The topological polar surface area (TPSA) is 78.4 Å². The van der Waals surface area contributed by atoms with Gasteiger partial charge in [0.15, 0.2) is 0 Å². The molecule has 1 rings (SSSR count). The number of benzene rings is 1. The first-order valence-corrected chi connectivity index (χ1v) is 7.84. The standard InChI is InChI=1S/C18H24N2O3/c1-3-8-15(4-2)19-18(23)20-16(11-12-17(21)22)13-14-9-6-5-7-10-14/h2,5-7,9-10,15-16H,3,8,11-13H2,1H3,(H,21,22)(H2,19,20,23). The Balaban J connectivity index is 2.62. The molecule has 0 heterocycles. The zero-order chi connectivity index (χ0) is 17.1. The van der Waals surface area contributed by atoms with Crippen LogP contribution in [0.4, 0.5) is 4.79 Å². The molecule has 0 aliphatic carbocycles. The lowest BCUT2D eigenvalue weighted by molar-refractivity contribution is -0.137. The highest BCUT2D eigenvalue weighted by Crippen LogP contribution is 2.08. The highest BCUT2D eigenvalue weighted by Gasteiger charge is 2.16. The summed E-state index contributed by atoms with van der Waals surface area (Å²) in [6.07, 6.45) is 7.93. The van der Waals surface area contributed by atoms with Crippen LogP contribution in [0.5, 0.6) is 0 Å². The van der Waals surface area contributed by atoms with E-state index in [2.05, 4.69) is 16.6 Å². The van der Waals surface area contributed by atoms with Crippen LogP contribution in [0.15, 0.2) is 30.3 Å². The number of hydrogen-bond donors (Lipinski definition) is 3. The molecule has 2 atom stereocenters. The fourth-order valence-electron chi connectivity index (χ4n) is 2.29. The van der Waals surface area contributed by atoms with Gasteiger partial charge in [-0.25, -0.2) is 4.79 Å². The molecular weight excluding hydrogens is 292 g/mol. The highest BCUT2D eigenvalue weighted by molar-refractivity contribution is 5.75. The average molecular weight is 316 g/mol. The van der Waals surface area contributed by atoms with Crippen molar-refractivity contribution in [2.75, 3.05) is 0 Å². The summed E-state index contributed by atoms with van der Waals surface area (Å²) in [6, 6.07) is 8.73. The van der Waals surface area contributed by atoms with Crippen LogP contribution in [0.1, 0.15) is 38.2 Å². The average Bonchev–Trinajstić information content (AvgIpc) is 2.53. The van der Waals surface area contributed by atoms with Crippen LogP contribution in [0.2, 0.25) is 0 Å². The van der Waals surface area contributed by atoms with E-state index in [0.29, 0.717) is 19.3 Å². The van der Waals surface area contributed by atoms with Gasteiger partial charge >= 0.3 is 12.0 Å². The lowest BCUT2D eigenvalue weighted by Crippen LogP contribution is -2.46. The van der Waals surface area contributed by atoms with E-state index in [0.717, 1.165) is 12.0 Å². The zero-order valence-corrected chi connectivity index (χ0v) is 13.4. The summed E-state index contributed by atoms with van der Waals surface area (Å²) in [5, 5.41) is 14.4. The minimum absolute atomic E-state index is 0.00527. The van der Waals surface area contributed by atoms with E-state index in [9.17, 15) is 9.59 Å². The maximum atomic E-state index is 12.1. The smallest absolute Gasteiger partial charge is 0.315 e. The van der Waals surface area contributed by atoms with Crippen LogP contribution in [0, 0.1) is 12.3 Å². The number of carbonyl (C=O) groups excluding carboxylic acids is 1. The van der Waals surface area contributed by atoms with Crippen molar-refractivity contribution >= 4 is 12.0 Å². The number of amides is 2. The van der Waals surface area contributed by atoms with Gasteiger partial charge in [0, 0.05) is 12.5 Å². The Hall–Kier alpha value is -2.48. The summed E-state index contributed by atoms with van der Waals surface area (Å²) in [7, 11) is 0. The normalized spacial score (nSPS) is 12.7. The van der Waals surface area contributed by atoms with E-state index in [-0.39, 0.29) is 24.5 Å². The molecule has 0 bridgehead atoms. The molecular formula is C18H24N2O3. The number of hydrogen-bond acceptors (Lipinski definition) is 2. The number of nitrogens with one attached hydrogen (secondary N) is 2. The van der Waals surface area contributed by atoms with Crippen LogP contribution in [0.25, 0.3) is 0 Å². The van der Waals surface area contributed by atoms with Gasteiger partial charge in [0.2, 0.25) is 0 Å². The van der Waals surface area contributed by atoms with Crippen LogP contribution in [-0.4, -0.2) is 29.2 Å². The molecule has 0 aliphatic heterocycles. The first-order valence-electron chi connectivity index (χ1n) is 7.84. The molecule has 3 N–H and O–H groups in total. The van der Waals surface area contributed by atoms with E-state index >= 15 is 0 Å². The third-order valence-corrected chi connectivity index (χ3v) is 3.45. The fourth-order valence-corrected chi connectivity index (χ4v) is 2.29. The minimum Gasteiger partial charge on any atom is -0.481 e. The number of urea groups is 1. The number of carbonyl (C=O) groups is 2. The van der Waals surface area contributed by atoms with Gasteiger partial charge in [-0.3, -0.25) is 4.79 Å². The lowest BCUT2D eigenvalue weighted by atomic mass is 10.0. The Morgan fingerprint density at radius 3 is 2.48 bits per heavy atom. The van der Waals surface area contributed by atoms with Crippen LogP contribution >= 0.6 is 0 Å². The fraction of sp³-hybridized carbons (Fsp3) is 0.444. The molecule has 2 amide bonds. The molecule has 0 radical (unpaired) electrons. The number of rotatable bonds is 9. The highest BCUT2D eigenvalue weighted by atomic mass is 16.4. The molecule has 5 nitrogen and oxygen atoms in total. The van der Waals surface area contributed by atoms with E-state index in [4.69, 9.17) is 11.5 Å². The van der Waals surface area contributed by atoms with Crippen molar-refractivity contribution < 1.29 is 14.7 Å². The van der Waals surface area contributed by atoms with Crippen LogP contribution in [0.3, 0.4) is 0 Å². The molecule has 1 aromatic rings. The minimum atomic E-state index is -0.877. The first-order chi connectivity index (χ1) is 11.0.